The average Bonchev–Trinajstić information content (AvgIpc) is 2.13. The number of rotatable bonds is 6. The zero-order chi connectivity index (χ0) is 13.0. The van der Waals surface area contributed by atoms with Crippen molar-refractivity contribution in [2.24, 2.45) is 11.3 Å². The van der Waals surface area contributed by atoms with E-state index in [0.717, 1.165) is 6.42 Å². The van der Waals surface area contributed by atoms with Gasteiger partial charge in [-0.15, -0.1) is 0 Å². The molecule has 0 fully saturated rings. The minimum atomic E-state index is -3.21. The van der Waals surface area contributed by atoms with Crippen molar-refractivity contribution in [2.45, 2.75) is 34.1 Å². The first-order chi connectivity index (χ1) is 7.14. The van der Waals surface area contributed by atoms with Gasteiger partial charge in [0.05, 0.1) is 24.0 Å². The Morgan fingerprint density at radius 3 is 2.25 bits per heavy atom. The largest absolute Gasteiger partial charge is 0.469 e. The van der Waals surface area contributed by atoms with Gasteiger partial charge in [0, 0.05) is 0 Å². The zero-order valence-corrected chi connectivity index (χ0v) is 11.6. The molecule has 0 aromatic rings. The summed E-state index contributed by atoms with van der Waals surface area (Å²) >= 11 is 0. The maximum absolute atomic E-state index is 11.8. The Morgan fingerprint density at radius 2 is 1.88 bits per heavy atom. The first-order valence-electron chi connectivity index (χ1n) is 5.43. The first kappa shape index (κ1) is 15.4. The third kappa shape index (κ3) is 4.96. The van der Waals surface area contributed by atoms with Gasteiger partial charge in [-0.1, -0.05) is 20.3 Å². The van der Waals surface area contributed by atoms with Gasteiger partial charge in [-0.05, 0) is 19.8 Å². The van der Waals surface area contributed by atoms with E-state index in [0.29, 0.717) is 0 Å². The predicted molar refractivity (Wildman–Crippen MR) is 63.9 cm³/mol. The van der Waals surface area contributed by atoms with Crippen molar-refractivity contribution in [3.63, 3.8) is 0 Å². The second-order valence-electron chi connectivity index (χ2n) is 4.94. The molecule has 0 rings (SSSR count). The monoisotopic (exact) mass is 250 g/mol. The second kappa shape index (κ2) is 5.66. The van der Waals surface area contributed by atoms with Crippen LogP contribution in [0.15, 0.2) is 0 Å². The van der Waals surface area contributed by atoms with Crippen molar-refractivity contribution in [1.82, 2.24) is 0 Å². The summed E-state index contributed by atoms with van der Waals surface area (Å²) in [6, 6.07) is 0. The summed E-state index contributed by atoms with van der Waals surface area (Å²) in [5.74, 6) is -0.389. The van der Waals surface area contributed by atoms with Crippen LogP contribution in [0, 0.1) is 11.3 Å². The molecule has 0 bridgehead atoms. The molecular weight excluding hydrogens is 228 g/mol. The summed E-state index contributed by atoms with van der Waals surface area (Å²) in [6.45, 7) is 7.02. The van der Waals surface area contributed by atoms with Crippen LogP contribution >= 0.6 is 0 Å². The topological polar surface area (TPSA) is 60.4 Å². The quantitative estimate of drug-likeness (QED) is 0.672. The second-order valence-corrected chi connectivity index (χ2v) is 7.05. The molecule has 0 saturated heterocycles. The minimum absolute atomic E-state index is 0.124. The van der Waals surface area contributed by atoms with Gasteiger partial charge in [-0.2, -0.15) is 0 Å². The summed E-state index contributed by atoms with van der Waals surface area (Å²) in [5.41, 5.74) is -0.971. The molecule has 0 aromatic heterocycles. The Hall–Kier alpha value is -0.580. The molecule has 96 valence electrons. The molecule has 0 spiro atoms. The van der Waals surface area contributed by atoms with Crippen molar-refractivity contribution < 1.29 is 17.9 Å². The van der Waals surface area contributed by atoms with E-state index in [2.05, 4.69) is 4.74 Å². The van der Waals surface area contributed by atoms with Crippen LogP contribution in [0.25, 0.3) is 0 Å². The Kier molecular flexibility index (Phi) is 5.46. The summed E-state index contributed by atoms with van der Waals surface area (Å²) in [7, 11) is -1.94. The molecular formula is C11H22O4S. The van der Waals surface area contributed by atoms with Gasteiger partial charge in [-0.3, -0.25) is 4.79 Å². The van der Waals surface area contributed by atoms with Gasteiger partial charge in [0.25, 0.3) is 0 Å². The smallest absolute Gasteiger partial charge is 0.312 e. The van der Waals surface area contributed by atoms with E-state index in [1.165, 1.54) is 7.11 Å². The van der Waals surface area contributed by atoms with E-state index in [-0.39, 0.29) is 17.4 Å². The number of carbonyl (C=O) groups excluding carboxylic acids is 1. The number of esters is 1. The van der Waals surface area contributed by atoms with Gasteiger partial charge in [0.1, 0.15) is 0 Å². The van der Waals surface area contributed by atoms with Crippen LogP contribution in [0.3, 0.4) is 0 Å². The molecule has 4 nitrogen and oxygen atoms in total. The third-order valence-electron chi connectivity index (χ3n) is 2.55. The minimum Gasteiger partial charge on any atom is -0.469 e. The molecule has 0 amide bonds. The number of ether oxygens (including phenoxy) is 1. The molecule has 0 aromatic carbocycles. The maximum atomic E-state index is 11.8. The number of methoxy groups -OCH3 is 1. The fourth-order valence-corrected chi connectivity index (χ4v) is 3.93. The Labute approximate surface area is 98.3 Å². The lowest BCUT2D eigenvalue weighted by molar-refractivity contribution is -0.149. The van der Waals surface area contributed by atoms with Gasteiger partial charge in [-0.25, -0.2) is 8.42 Å². The average molecular weight is 250 g/mol. The van der Waals surface area contributed by atoms with Crippen LogP contribution in [-0.4, -0.2) is 33.0 Å². The van der Waals surface area contributed by atoms with Crippen LogP contribution in [0.2, 0.25) is 0 Å². The van der Waals surface area contributed by atoms with Crippen molar-refractivity contribution in [3.8, 4) is 0 Å². The number of hydrogen-bond donors (Lipinski definition) is 0. The van der Waals surface area contributed by atoms with E-state index >= 15 is 0 Å². The molecule has 0 aliphatic rings. The molecule has 0 aliphatic carbocycles. The number of sulfone groups is 1. The number of hydrogen-bond acceptors (Lipinski definition) is 4. The summed E-state index contributed by atoms with van der Waals surface area (Å²) in [5, 5.41) is 0. The van der Waals surface area contributed by atoms with E-state index in [1.807, 2.05) is 13.8 Å². The molecule has 5 heteroatoms. The van der Waals surface area contributed by atoms with Gasteiger partial charge in [0.2, 0.25) is 0 Å². The lowest BCUT2D eigenvalue weighted by atomic mass is 9.97. The van der Waals surface area contributed by atoms with Gasteiger partial charge >= 0.3 is 5.97 Å². The van der Waals surface area contributed by atoms with E-state index in [4.69, 9.17) is 0 Å². The molecule has 0 aliphatic heterocycles. The molecule has 1 atom stereocenters. The Morgan fingerprint density at radius 1 is 1.38 bits per heavy atom. The van der Waals surface area contributed by atoms with Crippen LogP contribution in [0.1, 0.15) is 34.1 Å². The maximum Gasteiger partial charge on any atom is 0.312 e. The summed E-state index contributed by atoms with van der Waals surface area (Å²) in [4.78, 5) is 11.4. The van der Waals surface area contributed by atoms with Gasteiger partial charge < -0.3 is 4.74 Å². The lowest BCUT2D eigenvalue weighted by Gasteiger charge is -2.22. The van der Waals surface area contributed by atoms with Crippen LogP contribution in [0.5, 0.6) is 0 Å². The molecule has 1 unspecified atom stereocenters. The van der Waals surface area contributed by atoms with Gasteiger partial charge in [0.15, 0.2) is 9.84 Å². The highest BCUT2D eigenvalue weighted by atomic mass is 32.2. The Bertz CT molecular complexity index is 330. The Balaban J connectivity index is 4.65. The number of carbonyl (C=O) groups is 1. The highest BCUT2D eigenvalue weighted by molar-refractivity contribution is 7.91. The van der Waals surface area contributed by atoms with E-state index in [1.54, 1.807) is 13.8 Å². The van der Waals surface area contributed by atoms with Crippen LogP contribution < -0.4 is 0 Å². The van der Waals surface area contributed by atoms with Crippen molar-refractivity contribution in [1.29, 1.82) is 0 Å². The standard InChI is InChI=1S/C11H22O4S/c1-6-9(2)7-16(13,14)8-11(3,4)10(12)15-5/h9H,6-8H2,1-5H3. The SMILES string of the molecule is CCC(C)CS(=O)(=O)CC(C)(C)C(=O)OC. The lowest BCUT2D eigenvalue weighted by Crippen LogP contribution is -2.35. The van der Waals surface area contributed by atoms with Crippen LogP contribution in [0.4, 0.5) is 0 Å². The van der Waals surface area contributed by atoms with Crippen LogP contribution in [-0.2, 0) is 19.4 Å². The van der Waals surface area contributed by atoms with Crippen molar-refractivity contribution in [2.75, 3.05) is 18.6 Å². The normalized spacial score (nSPS) is 14.6. The van der Waals surface area contributed by atoms with E-state index < -0.39 is 21.2 Å². The molecule has 0 radical (unpaired) electrons. The highest BCUT2D eigenvalue weighted by Gasteiger charge is 2.34. The molecule has 16 heavy (non-hydrogen) atoms. The summed E-state index contributed by atoms with van der Waals surface area (Å²) < 4.78 is 28.2. The third-order valence-corrected chi connectivity index (χ3v) is 4.79. The summed E-state index contributed by atoms with van der Waals surface area (Å²) in [6.07, 6.45) is 0.817. The molecule has 0 saturated carbocycles. The van der Waals surface area contributed by atoms with E-state index in [9.17, 15) is 13.2 Å². The van der Waals surface area contributed by atoms with Crippen molar-refractivity contribution in [3.05, 3.63) is 0 Å². The fourth-order valence-electron chi connectivity index (χ4n) is 1.50. The fraction of sp³-hybridized carbons (Fsp3) is 0.909. The highest BCUT2D eigenvalue weighted by Crippen LogP contribution is 2.21. The predicted octanol–water partition coefficient (Wildman–Crippen LogP) is 1.65. The first-order valence-corrected chi connectivity index (χ1v) is 7.25. The molecule has 0 N–H and O–H groups in total. The van der Waals surface area contributed by atoms with Crippen molar-refractivity contribution >= 4 is 15.8 Å². The zero-order valence-electron chi connectivity index (χ0n) is 10.7. The molecule has 0 heterocycles.